The van der Waals surface area contributed by atoms with Crippen molar-refractivity contribution in [1.29, 1.82) is 0 Å². The number of carbonyl (C=O) groups excluding carboxylic acids is 2. The van der Waals surface area contributed by atoms with Crippen molar-refractivity contribution >= 4 is 23.5 Å². The van der Waals surface area contributed by atoms with Crippen LogP contribution >= 0.6 is 11.6 Å². The molecule has 5 nitrogen and oxygen atoms in total. The Kier molecular flexibility index (Phi) is 8.78. The van der Waals surface area contributed by atoms with E-state index in [2.05, 4.69) is 4.98 Å². The summed E-state index contributed by atoms with van der Waals surface area (Å²) in [5.41, 5.74) is 2.09. The quantitative estimate of drug-likeness (QED) is 0.576. The fourth-order valence-corrected chi connectivity index (χ4v) is 2.84. The first-order valence-corrected chi connectivity index (χ1v) is 9.53. The molecule has 1 aromatic carbocycles. The Bertz CT molecular complexity index is 720. The zero-order valence-corrected chi connectivity index (χ0v) is 16.3. The zero-order valence-electron chi connectivity index (χ0n) is 15.6. The molecule has 144 valence electrons. The molecule has 0 aliphatic carbocycles. The second-order valence-electron chi connectivity index (χ2n) is 6.21. The lowest BCUT2D eigenvalue weighted by Crippen LogP contribution is -2.32. The number of ether oxygens (including phenoxy) is 1. The van der Waals surface area contributed by atoms with Gasteiger partial charge in [0.25, 0.3) is 0 Å². The lowest BCUT2D eigenvalue weighted by atomic mass is 10.1. The van der Waals surface area contributed by atoms with Gasteiger partial charge in [-0.2, -0.15) is 0 Å². The van der Waals surface area contributed by atoms with Gasteiger partial charge in [0.05, 0.1) is 13.0 Å². The van der Waals surface area contributed by atoms with Crippen molar-refractivity contribution in [3.63, 3.8) is 0 Å². The molecule has 27 heavy (non-hydrogen) atoms. The standard InChI is InChI=1S/C21H25ClN2O3/c1-2-27-21(26)12-14-24(16-18-6-4-13-23-15-18)20(25)7-3-5-17-8-10-19(22)11-9-17/h4,6,8-11,13,15H,2-3,5,7,12,14,16H2,1H3. The number of hydrogen-bond donors (Lipinski definition) is 0. The summed E-state index contributed by atoms with van der Waals surface area (Å²) in [4.78, 5) is 30.2. The molecule has 0 saturated carbocycles. The molecule has 1 amide bonds. The Morgan fingerprint density at radius 3 is 2.56 bits per heavy atom. The highest BCUT2D eigenvalue weighted by Gasteiger charge is 2.16. The van der Waals surface area contributed by atoms with E-state index in [0.717, 1.165) is 24.0 Å². The summed E-state index contributed by atoms with van der Waals surface area (Å²) in [5, 5.41) is 0.705. The number of amides is 1. The molecule has 0 fully saturated rings. The molecule has 1 aromatic heterocycles. The summed E-state index contributed by atoms with van der Waals surface area (Å²) in [6.07, 6.45) is 5.59. The van der Waals surface area contributed by atoms with E-state index in [1.54, 1.807) is 24.2 Å². The van der Waals surface area contributed by atoms with Crippen molar-refractivity contribution in [2.24, 2.45) is 0 Å². The lowest BCUT2D eigenvalue weighted by Gasteiger charge is -2.22. The maximum Gasteiger partial charge on any atom is 0.307 e. The summed E-state index contributed by atoms with van der Waals surface area (Å²) >= 11 is 5.89. The number of nitrogens with zero attached hydrogens (tertiary/aromatic N) is 2. The Balaban J connectivity index is 1.90. The van der Waals surface area contributed by atoms with Crippen LogP contribution in [-0.2, 0) is 27.3 Å². The molecule has 2 aromatic rings. The van der Waals surface area contributed by atoms with E-state index < -0.39 is 0 Å². The first-order valence-electron chi connectivity index (χ1n) is 9.15. The van der Waals surface area contributed by atoms with E-state index in [9.17, 15) is 9.59 Å². The number of esters is 1. The van der Waals surface area contributed by atoms with Crippen LogP contribution in [0.15, 0.2) is 48.8 Å². The summed E-state index contributed by atoms with van der Waals surface area (Å²) in [6.45, 7) is 2.89. The van der Waals surface area contributed by atoms with E-state index in [1.807, 2.05) is 36.4 Å². The fraction of sp³-hybridized carbons (Fsp3) is 0.381. The molecule has 6 heteroatoms. The molecule has 0 spiro atoms. The monoisotopic (exact) mass is 388 g/mol. The van der Waals surface area contributed by atoms with E-state index in [-0.39, 0.29) is 18.3 Å². The molecule has 0 atom stereocenters. The third-order valence-electron chi connectivity index (χ3n) is 4.11. The first kappa shape index (κ1) is 20.9. The van der Waals surface area contributed by atoms with Crippen LogP contribution in [-0.4, -0.2) is 34.9 Å². The zero-order chi connectivity index (χ0) is 19.5. The molecular weight excluding hydrogens is 364 g/mol. The van der Waals surface area contributed by atoms with Crippen molar-refractivity contribution in [3.05, 3.63) is 64.9 Å². The van der Waals surface area contributed by atoms with Crippen LogP contribution in [0.4, 0.5) is 0 Å². The molecule has 2 rings (SSSR count). The smallest absolute Gasteiger partial charge is 0.307 e. The van der Waals surface area contributed by atoms with Gasteiger partial charge in [-0.15, -0.1) is 0 Å². The van der Waals surface area contributed by atoms with Crippen LogP contribution in [0.2, 0.25) is 5.02 Å². The maximum atomic E-state index is 12.7. The van der Waals surface area contributed by atoms with Crippen LogP contribution in [0.1, 0.15) is 37.3 Å². The van der Waals surface area contributed by atoms with Gasteiger partial charge in [0, 0.05) is 36.9 Å². The van der Waals surface area contributed by atoms with Crippen LogP contribution in [0.3, 0.4) is 0 Å². The van der Waals surface area contributed by atoms with Crippen molar-refractivity contribution in [3.8, 4) is 0 Å². The number of rotatable bonds is 10. The molecular formula is C21H25ClN2O3. The summed E-state index contributed by atoms with van der Waals surface area (Å²) in [6, 6.07) is 11.4. The number of halogens is 1. The van der Waals surface area contributed by atoms with E-state index in [4.69, 9.17) is 16.3 Å². The molecule has 0 unspecified atom stereocenters. The van der Waals surface area contributed by atoms with Crippen molar-refractivity contribution in [2.75, 3.05) is 13.2 Å². The third kappa shape index (κ3) is 7.79. The van der Waals surface area contributed by atoms with Crippen molar-refractivity contribution in [1.82, 2.24) is 9.88 Å². The third-order valence-corrected chi connectivity index (χ3v) is 4.36. The second-order valence-corrected chi connectivity index (χ2v) is 6.65. The van der Waals surface area contributed by atoms with Gasteiger partial charge in [0.15, 0.2) is 0 Å². The number of benzene rings is 1. The topological polar surface area (TPSA) is 59.5 Å². The number of carbonyl (C=O) groups is 2. The maximum absolute atomic E-state index is 12.7. The molecule has 0 aliphatic rings. The van der Waals surface area contributed by atoms with Gasteiger partial charge < -0.3 is 9.64 Å². The molecule has 0 N–H and O–H groups in total. The van der Waals surface area contributed by atoms with Gasteiger partial charge in [-0.25, -0.2) is 0 Å². The highest BCUT2D eigenvalue weighted by atomic mass is 35.5. The minimum atomic E-state index is -0.289. The number of aromatic nitrogens is 1. The van der Waals surface area contributed by atoms with Gasteiger partial charge in [0.2, 0.25) is 5.91 Å². The SMILES string of the molecule is CCOC(=O)CCN(Cc1cccnc1)C(=O)CCCc1ccc(Cl)cc1. The van der Waals surface area contributed by atoms with Gasteiger partial charge in [-0.05, 0) is 49.1 Å². The predicted octanol–water partition coefficient (Wildman–Crippen LogP) is 4.04. The molecule has 0 saturated heterocycles. The van der Waals surface area contributed by atoms with Gasteiger partial charge in [0.1, 0.15) is 0 Å². The van der Waals surface area contributed by atoms with Gasteiger partial charge >= 0.3 is 5.97 Å². The van der Waals surface area contributed by atoms with E-state index >= 15 is 0 Å². The normalized spacial score (nSPS) is 10.4. The van der Waals surface area contributed by atoms with Gasteiger partial charge in [-0.1, -0.05) is 29.8 Å². The first-order chi connectivity index (χ1) is 13.1. The Labute approximate surface area is 165 Å². The van der Waals surface area contributed by atoms with Crippen LogP contribution in [0.5, 0.6) is 0 Å². The Morgan fingerprint density at radius 2 is 1.89 bits per heavy atom. The average molecular weight is 389 g/mol. The molecule has 0 bridgehead atoms. The summed E-state index contributed by atoms with van der Waals surface area (Å²) in [5.74, 6) is -0.264. The minimum absolute atomic E-state index is 0.0251. The van der Waals surface area contributed by atoms with Gasteiger partial charge in [-0.3, -0.25) is 14.6 Å². The molecule has 0 radical (unpaired) electrons. The molecule has 1 heterocycles. The summed E-state index contributed by atoms with van der Waals surface area (Å²) < 4.78 is 4.97. The number of pyridine rings is 1. The van der Waals surface area contributed by atoms with E-state index in [0.29, 0.717) is 31.1 Å². The van der Waals surface area contributed by atoms with Crippen LogP contribution in [0.25, 0.3) is 0 Å². The fourth-order valence-electron chi connectivity index (χ4n) is 2.72. The number of aryl methyl sites for hydroxylation is 1. The van der Waals surface area contributed by atoms with Crippen LogP contribution < -0.4 is 0 Å². The predicted molar refractivity (Wildman–Crippen MR) is 105 cm³/mol. The Hall–Kier alpha value is -2.40. The highest BCUT2D eigenvalue weighted by Crippen LogP contribution is 2.13. The van der Waals surface area contributed by atoms with E-state index in [1.165, 1.54) is 0 Å². The average Bonchev–Trinajstić information content (AvgIpc) is 2.67. The highest BCUT2D eigenvalue weighted by molar-refractivity contribution is 6.30. The largest absolute Gasteiger partial charge is 0.466 e. The lowest BCUT2D eigenvalue weighted by molar-refractivity contribution is -0.144. The Morgan fingerprint density at radius 1 is 1.11 bits per heavy atom. The van der Waals surface area contributed by atoms with Crippen LogP contribution in [0, 0.1) is 0 Å². The number of hydrogen-bond acceptors (Lipinski definition) is 4. The van der Waals surface area contributed by atoms with Crippen molar-refractivity contribution in [2.45, 2.75) is 39.2 Å². The minimum Gasteiger partial charge on any atom is -0.466 e. The second kappa shape index (κ2) is 11.3. The molecule has 0 aliphatic heterocycles. The summed E-state index contributed by atoms with van der Waals surface area (Å²) in [7, 11) is 0. The van der Waals surface area contributed by atoms with Crippen molar-refractivity contribution < 1.29 is 14.3 Å².